The van der Waals surface area contributed by atoms with E-state index in [0.717, 1.165) is 11.3 Å². The number of halogens is 2. The van der Waals surface area contributed by atoms with Crippen LogP contribution in [-0.4, -0.2) is 4.90 Å². The van der Waals surface area contributed by atoms with Gasteiger partial charge >= 0.3 is 0 Å². The Morgan fingerprint density at radius 3 is 2.42 bits per heavy atom. The maximum Gasteiger partial charge on any atom is 0.130 e. The van der Waals surface area contributed by atoms with E-state index in [9.17, 15) is 8.78 Å². The SMILES string of the molecule is Nc1ccc2c(c1)CN(Cc1c(F)cccc1F)C2. The molecular weight excluding hydrogens is 246 g/mol. The van der Waals surface area contributed by atoms with E-state index in [4.69, 9.17) is 5.73 Å². The number of hydrogen-bond acceptors (Lipinski definition) is 2. The van der Waals surface area contributed by atoms with E-state index in [1.54, 1.807) is 0 Å². The van der Waals surface area contributed by atoms with Gasteiger partial charge in [-0.1, -0.05) is 12.1 Å². The zero-order valence-electron chi connectivity index (χ0n) is 10.4. The molecule has 3 rings (SSSR count). The second kappa shape index (κ2) is 4.63. The van der Waals surface area contributed by atoms with Gasteiger partial charge in [-0.2, -0.15) is 0 Å². The first-order valence-corrected chi connectivity index (χ1v) is 6.16. The molecule has 2 N–H and O–H groups in total. The standard InChI is InChI=1S/C15H14F2N2/c16-14-2-1-3-15(17)13(14)9-19-7-10-4-5-12(18)6-11(10)8-19/h1-6H,7-9,18H2. The minimum atomic E-state index is -0.490. The van der Waals surface area contributed by atoms with Gasteiger partial charge in [-0.3, -0.25) is 4.90 Å². The number of nitrogen functional groups attached to an aromatic ring is 1. The van der Waals surface area contributed by atoms with E-state index >= 15 is 0 Å². The van der Waals surface area contributed by atoms with Crippen molar-refractivity contribution in [3.05, 3.63) is 64.7 Å². The van der Waals surface area contributed by atoms with Crippen molar-refractivity contribution < 1.29 is 8.78 Å². The zero-order valence-corrected chi connectivity index (χ0v) is 10.4. The molecule has 98 valence electrons. The highest BCUT2D eigenvalue weighted by atomic mass is 19.1. The third-order valence-corrected chi connectivity index (χ3v) is 3.46. The van der Waals surface area contributed by atoms with Crippen LogP contribution >= 0.6 is 0 Å². The quantitative estimate of drug-likeness (QED) is 0.841. The molecule has 0 bridgehead atoms. The van der Waals surface area contributed by atoms with Crippen molar-refractivity contribution in [1.82, 2.24) is 4.90 Å². The molecule has 0 spiro atoms. The van der Waals surface area contributed by atoms with E-state index in [1.807, 2.05) is 23.1 Å². The molecule has 1 aliphatic rings. The van der Waals surface area contributed by atoms with Gasteiger partial charge < -0.3 is 5.73 Å². The maximum absolute atomic E-state index is 13.6. The molecule has 2 aromatic carbocycles. The first-order valence-electron chi connectivity index (χ1n) is 6.16. The van der Waals surface area contributed by atoms with Crippen LogP contribution in [0.5, 0.6) is 0 Å². The number of nitrogens with zero attached hydrogens (tertiary/aromatic N) is 1. The van der Waals surface area contributed by atoms with Crippen LogP contribution in [0.1, 0.15) is 16.7 Å². The average Bonchev–Trinajstić information content (AvgIpc) is 2.75. The fourth-order valence-electron chi connectivity index (χ4n) is 2.50. The number of hydrogen-bond donors (Lipinski definition) is 1. The fraction of sp³-hybridized carbons (Fsp3) is 0.200. The Morgan fingerprint density at radius 1 is 1.00 bits per heavy atom. The van der Waals surface area contributed by atoms with E-state index < -0.39 is 11.6 Å². The molecule has 2 aromatic rings. The van der Waals surface area contributed by atoms with Gasteiger partial charge in [-0.05, 0) is 35.4 Å². The summed E-state index contributed by atoms with van der Waals surface area (Å²) in [6.45, 7) is 1.64. The summed E-state index contributed by atoms with van der Waals surface area (Å²) in [4.78, 5) is 2.01. The third-order valence-electron chi connectivity index (χ3n) is 3.46. The van der Waals surface area contributed by atoms with Crippen molar-refractivity contribution in [3.63, 3.8) is 0 Å². The summed E-state index contributed by atoms with van der Waals surface area (Å²) in [5, 5.41) is 0. The second-order valence-electron chi connectivity index (χ2n) is 4.87. The van der Waals surface area contributed by atoms with Gasteiger partial charge in [0.1, 0.15) is 11.6 Å². The first kappa shape index (κ1) is 12.1. The van der Waals surface area contributed by atoms with E-state index in [-0.39, 0.29) is 12.1 Å². The molecule has 0 radical (unpaired) electrons. The van der Waals surface area contributed by atoms with E-state index in [2.05, 4.69) is 0 Å². The summed E-state index contributed by atoms with van der Waals surface area (Å²) in [5.74, 6) is -0.981. The van der Waals surface area contributed by atoms with Gasteiger partial charge in [0.2, 0.25) is 0 Å². The molecule has 0 aliphatic carbocycles. The molecule has 0 fully saturated rings. The summed E-state index contributed by atoms with van der Waals surface area (Å²) in [6.07, 6.45) is 0. The molecule has 19 heavy (non-hydrogen) atoms. The van der Waals surface area contributed by atoms with Crippen molar-refractivity contribution in [2.24, 2.45) is 0 Å². The van der Waals surface area contributed by atoms with Crippen LogP contribution in [-0.2, 0) is 19.6 Å². The fourth-order valence-corrected chi connectivity index (χ4v) is 2.50. The highest BCUT2D eigenvalue weighted by Crippen LogP contribution is 2.27. The van der Waals surface area contributed by atoms with Crippen molar-refractivity contribution in [1.29, 1.82) is 0 Å². The van der Waals surface area contributed by atoms with Gasteiger partial charge in [0, 0.05) is 30.9 Å². The average molecular weight is 260 g/mol. The number of fused-ring (bicyclic) bond motifs is 1. The molecule has 0 unspecified atom stereocenters. The van der Waals surface area contributed by atoms with Gasteiger partial charge in [0.05, 0.1) is 0 Å². The molecule has 0 amide bonds. The summed E-state index contributed by atoms with van der Waals surface area (Å²) in [6, 6.07) is 9.72. The molecule has 0 aromatic heterocycles. The number of nitrogens with two attached hydrogens (primary N) is 1. The molecule has 4 heteroatoms. The van der Waals surface area contributed by atoms with Gasteiger partial charge in [0.25, 0.3) is 0 Å². The van der Waals surface area contributed by atoms with Gasteiger partial charge in [-0.15, -0.1) is 0 Å². The van der Waals surface area contributed by atoms with Crippen molar-refractivity contribution in [3.8, 4) is 0 Å². The molecule has 0 atom stereocenters. The lowest BCUT2D eigenvalue weighted by Crippen LogP contribution is -2.17. The molecule has 1 aliphatic heterocycles. The van der Waals surface area contributed by atoms with Gasteiger partial charge in [-0.25, -0.2) is 8.78 Å². The van der Waals surface area contributed by atoms with Crippen LogP contribution in [0, 0.1) is 11.6 Å². The Labute approximate surface area is 110 Å². The van der Waals surface area contributed by atoms with E-state index in [1.165, 1.54) is 23.8 Å². The van der Waals surface area contributed by atoms with Crippen LogP contribution < -0.4 is 5.73 Å². The van der Waals surface area contributed by atoms with Crippen molar-refractivity contribution >= 4 is 5.69 Å². The number of anilines is 1. The largest absolute Gasteiger partial charge is 0.399 e. The summed E-state index contributed by atoms with van der Waals surface area (Å²) < 4.78 is 27.2. The summed E-state index contributed by atoms with van der Waals surface area (Å²) >= 11 is 0. The molecule has 2 nitrogen and oxygen atoms in total. The molecular formula is C15H14F2N2. The topological polar surface area (TPSA) is 29.3 Å². The monoisotopic (exact) mass is 260 g/mol. The van der Waals surface area contributed by atoms with Crippen LogP contribution in [0.15, 0.2) is 36.4 Å². The predicted octanol–water partition coefficient (Wildman–Crippen LogP) is 3.06. The minimum Gasteiger partial charge on any atom is -0.399 e. The number of benzene rings is 2. The lowest BCUT2D eigenvalue weighted by molar-refractivity contribution is 0.266. The Bertz CT molecular complexity index is 605. The zero-order chi connectivity index (χ0) is 13.4. The van der Waals surface area contributed by atoms with Crippen LogP contribution in [0.3, 0.4) is 0 Å². The smallest absolute Gasteiger partial charge is 0.130 e. The lowest BCUT2D eigenvalue weighted by Gasteiger charge is -2.15. The second-order valence-corrected chi connectivity index (χ2v) is 4.87. The van der Waals surface area contributed by atoms with E-state index in [0.29, 0.717) is 13.1 Å². The third kappa shape index (κ3) is 2.31. The minimum absolute atomic E-state index is 0.128. The lowest BCUT2D eigenvalue weighted by atomic mass is 10.1. The predicted molar refractivity (Wildman–Crippen MR) is 70.2 cm³/mol. The van der Waals surface area contributed by atoms with Gasteiger partial charge in [0.15, 0.2) is 0 Å². The van der Waals surface area contributed by atoms with Crippen molar-refractivity contribution in [2.45, 2.75) is 19.6 Å². The first-order chi connectivity index (χ1) is 9.13. The van der Waals surface area contributed by atoms with Crippen LogP contribution in [0.25, 0.3) is 0 Å². The molecule has 1 heterocycles. The highest BCUT2D eigenvalue weighted by molar-refractivity contribution is 5.46. The summed E-state index contributed by atoms with van der Waals surface area (Å²) in [7, 11) is 0. The molecule has 0 saturated heterocycles. The maximum atomic E-state index is 13.6. The number of rotatable bonds is 2. The highest BCUT2D eigenvalue weighted by Gasteiger charge is 2.21. The Morgan fingerprint density at radius 2 is 1.68 bits per heavy atom. The normalized spacial score (nSPS) is 14.6. The molecule has 0 saturated carbocycles. The Kier molecular flexibility index (Phi) is 2.95. The van der Waals surface area contributed by atoms with Crippen LogP contribution in [0.4, 0.5) is 14.5 Å². The summed E-state index contributed by atoms with van der Waals surface area (Å²) in [5.41, 5.74) is 8.89. The Balaban J connectivity index is 1.81. The Hall–Kier alpha value is -1.94. The van der Waals surface area contributed by atoms with Crippen molar-refractivity contribution in [2.75, 3.05) is 5.73 Å². The van der Waals surface area contributed by atoms with Crippen LogP contribution in [0.2, 0.25) is 0 Å².